The molecule has 0 saturated heterocycles. The van der Waals surface area contributed by atoms with Crippen molar-refractivity contribution in [1.29, 1.82) is 0 Å². The van der Waals surface area contributed by atoms with Crippen molar-refractivity contribution in [3.63, 3.8) is 0 Å². The molecular formula is C42H36N4O9. The van der Waals surface area contributed by atoms with Crippen LogP contribution in [0.2, 0.25) is 0 Å². The molecule has 13 heteroatoms. The largest absolute Gasteiger partial charge is 0.508 e. The summed E-state index contributed by atoms with van der Waals surface area (Å²) in [6.45, 7) is 5.93. The maximum absolute atomic E-state index is 13.2. The van der Waals surface area contributed by atoms with Gasteiger partial charge in [0.15, 0.2) is 11.2 Å². The van der Waals surface area contributed by atoms with Crippen LogP contribution in [0.1, 0.15) is 72.6 Å². The van der Waals surface area contributed by atoms with E-state index in [2.05, 4.69) is 0 Å². The Bertz CT molecular complexity index is 2820. The number of carbonyl (C=O) groups is 2. The van der Waals surface area contributed by atoms with Crippen molar-refractivity contribution in [3.8, 4) is 28.5 Å². The Hall–Kier alpha value is -6.18. The molecule has 0 aliphatic carbocycles. The molecule has 8 heterocycles. The predicted octanol–water partition coefficient (Wildman–Crippen LogP) is 4.43. The fourth-order valence-corrected chi connectivity index (χ4v) is 8.48. The molecule has 6 aromatic rings. The number of aromatic hydroxyl groups is 1. The van der Waals surface area contributed by atoms with Crippen molar-refractivity contribution >= 4 is 33.7 Å². The van der Waals surface area contributed by atoms with E-state index in [0.29, 0.717) is 58.8 Å². The van der Waals surface area contributed by atoms with Crippen molar-refractivity contribution in [2.45, 2.75) is 77.5 Å². The molecule has 2 unspecified atom stereocenters. The van der Waals surface area contributed by atoms with Crippen LogP contribution < -0.4 is 11.1 Å². The topological polar surface area (TPSA) is 183 Å². The first kappa shape index (κ1) is 34.6. The molecule has 4 aliphatic rings. The Morgan fingerprint density at radius 2 is 1.27 bits per heavy atom. The lowest BCUT2D eigenvalue weighted by molar-refractivity contribution is -0.172. The summed E-state index contributed by atoms with van der Waals surface area (Å²) in [5.41, 5.74) is 4.28. The number of aryl methyl sites for hydroxylation is 1. The fourth-order valence-electron chi connectivity index (χ4n) is 8.48. The summed E-state index contributed by atoms with van der Waals surface area (Å²) in [4.78, 5) is 60.1. The molecule has 4 aliphatic heterocycles. The highest BCUT2D eigenvalue weighted by molar-refractivity contribution is 5.90. The van der Waals surface area contributed by atoms with Crippen molar-refractivity contribution < 1.29 is 34.4 Å². The Balaban J connectivity index is 0.000000145. The first-order chi connectivity index (χ1) is 26.4. The van der Waals surface area contributed by atoms with Gasteiger partial charge in [0, 0.05) is 33.0 Å². The number of para-hydroxylation sites is 1. The lowest BCUT2D eigenvalue weighted by atomic mass is 9.86. The molecule has 2 atom stereocenters. The maximum atomic E-state index is 13.2. The average Bonchev–Trinajstić information content (AvgIpc) is 3.74. The molecule has 0 fully saturated rings. The van der Waals surface area contributed by atoms with Crippen LogP contribution in [0.3, 0.4) is 0 Å². The van der Waals surface area contributed by atoms with Crippen molar-refractivity contribution in [3.05, 3.63) is 120 Å². The number of ether oxygens (including phenoxy) is 2. The van der Waals surface area contributed by atoms with E-state index in [0.717, 1.165) is 44.2 Å². The molecule has 2 aromatic carbocycles. The van der Waals surface area contributed by atoms with Gasteiger partial charge in [0.25, 0.3) is 11.1 Å². The Morgan fingerprint density at radius 1 is 0.691 bits per heavy atom. The summed E-state index contributed by atoms with van der Waals surface area (Å²) < 4.78 is 13.4. The summed E-state index contributed by atoms with van der Waals surface area (Å²) in [5.74, 6) is -1.27. The van der Waals surface area contributed by atoms with Crippen LogP contribution in [-0.2, 0) is 63.0 Å². The van der Waals surface area contributed by atoms with Gasteiger partial charge in [0.05, 0.1) is 58.0 Å². The third kappa shape index (κ3) is 4.85. The van der Waals surface area contributed by atoms with E-state index in [1.54, 1.807) is 53.3 Å². The molecule has 4 aromatic heterocycles. The van der Waals surface area contributed by atoms with Gasteiger partial charge in [-0.25, -0.2) is 19.6 Å². The molecule has 0 radical (unpaired) electrons. The minimum absolute atomic E-state index is 0.110. The van der Waals surface area contributed by atoms with Gasteiger partial charge in [0.1, 0.15) is 19.0 Å². The average molecular weight is 741 g/mol. The quantitative estimate of drug-likeness (QED) is 0.218. The van der Waals surface area contributed by atoms with Crippen LogP contribution in [0.5, 0.6) is 5.75 Å². The van der Waals surface area contributed by atoms with Gasteiger partial charge in [0.2, 0.25) is 0 Å². The highest BCUT2D eigenvalue weighted by atomic mass is 16.6. The third-order valence-corrected chi connectivity index (χ3v) is 11.6. The zero-order valence-corrected chi connectivity index (χ0v) is 30.3. The van der Waals surface area contributed by atoms with Crippen molar-refractivity contribution in [1.82, 2.24) is 19.1 Å². The van der Waals surface area contributed by atoms with E-state index in [9.17, 15) is 34.5 Å². The monoisotopic (exact) mass is 740 g/mol. The number of fused-ring (bicyclic) bond motifs is 10. The molecule has 13 nitrogen and oxygen atoms in total. The van der Waals surface area contributed by atoms with Crippen LogP contribution in [0.4, 0.5) is 0 Å². The summed E-state index contributed by atoms with van der Waals surface area (Å²) >= 11 is 0. The summed E-state index contributed by atoms with van der Waals surface area (Å²) in [6, 6.07) is 18.3. The SMILES string of the molecule is CCC1(O)C(=O)OCc2c1cc1n(c2=O)Cc2cc3ccccc3nc2-1.CCc1c2c(nc3ccc(O)cc13)-c1cc3c(c(=O)n1C2)COC(=O)C3(O)CC. The first-order valence-corrected chi connectivity index (χ1v) is 18.3. The molecule has 10 rings (SSSR count). The van der Waals surface area contributed by atoms with Crippen LogP contribution in [0, 0.1) is 0 Å². The van der Waals surface area contributed by atoms with Gasteiger partial charge < -0.3 is 33.9 Å². The van der Waals surface area contributed by atoms with E-state index >= 15 is 0 Å². The Kier molecular flexibility index (Phi) is 7.65. The highest BCUT2D eigenvalue weighted by Crippen LogP contribution is 2.41. The molecule has 0 saturated carbocycles. The van der Waals surface area contributed by atoms with Gasteiger partial charge >= 0.3 is 11.9 Å². The summed E-state index contributed by atoms with van der Waals surface area (Å²) in [6.07, 6.45) is 0.965. The van der Waals surface area contributed by atoms with E-state index in [-0.39, 0.29) is 42.9 Å². The number of pyridine rings is 4. The standard InChI is InChI=1S/C22H20N2O5.C20H16N2O4/c1-3-12-13-7-11(25)5-6-17(13)23-19-14(12)9-24-18(19)8-16-15(20(24)26)10-29-21(27)22(16,28)4-2;1-2-20(25)14-8-16-17-12(7-11-5-3-4-6-15(11)21-17)9-22(16)18(23)13(14)10-26-19(20)24/h5-8,25,28H,3-4,9-10H2,1-2H3;3-8,25H,2,9-10H2,1H3. The summed E-state index contributed by atoms with van der Waals surface area (Å²) in [5, 5.41) is 33.6. The molecule has 278 valence electrons. The first-order valence-electron chi connectivity index (χ1n) is 18.3. The smallest absolute Gasteiger partial charge is 0.343 e. The maximum Gasteiger partial charge on any atom is 0.343 e. The number of hydrogen-bond donors (Lipinski definition) is 3. The zero-order chi connectivity index (χ0) is 38.6. The number of aromatic nitrogens is 4. The zero-order valence-electron chi connectivity index (χ0n) is 30.3. The number of esters is 2. The number of aliphatic hydroxyl groups is 2. The number of carbonyl (C=O) groups excluding carboxylic acids is 2. The van der Waals surface area contributed by atoms with E-state index < -0.39 is 23.1 Å². The third-order valence-electron chi connectivity index (χ3n) is 11.6. The van der Waals surface area contributed by atoms with Crippen LogP contribution in [0.25, 0.3) is 44.6 Å². The minimum atomic E-state index is -1.83. The highest BCUT2D eigenvalue weighted by Gasteiger charge is 2.47. The minimum Gasteiger partial charge on any atom is -0.508 e. The number of benzene rings is 2. The molecule has 0 amide bonds. The Labute approximate surface area is 313 Å². The number of rotatable bonds is 3. The molecule has 0 spiro atoms. The molecule has 0 bridgehead atoms. The second kappa shape index (κ2) is 12.2. The second-order valence-corrected chi connectivity index (χ2v) is 14.4. The van der Waals surface area contributed by atoms with E-state index in [1.807, 2.05) is 37.3 Å². The number of hydrogen-bond acceptors (Lipinski definition) is 11. The van der Waals surface area contributed by atoms with Gasteiger partial charge in [-0.3, -0.25) is 9.59 Å². The molecule has 55 heavy (non-hydrogen) atoms. The Morgan fingerprint density at radius 3 is 1.89 bits per heavy atom. The van der Waals surface area contributed by atoms with Crippen LogP contribution in [0.15, 0.2) is 70.3 Å². The predicted molar refractivity (Wildman–Crippen MR) is 200 cm³/mol. The van der Waals surface area contributed by atoms with Gasteiger partial charge in [-0.05, 0) is 67.3 Å². The lowest BCUT2D eigenvalue weighted by Gasteiger charge is -2.31. The number of phenolic OH excluding ortho intramolecular Hbond substituents is 1. The van der Waals surface area contributed by atoms with E-state index in [1.165, 1.54) is 0 Å². The van der Waals surface area contributed by atoms with Crippen LogP contribution in [-0.4, -0.2) is 46.4 Å². The van der Waals surface area contributed by atoms with Crippen molar-refractivity contribution in [2.75, 3.05) is 0 Å². The lowest BCUT2D eigenvalue weighted by Crippen LogP contribution is -2.44. The second-order valence-electron chi connectivity index (χ2n) is 14.4. The van der Waals surface area contributed by atoms with Gasteiger partial charge in [-0.2, -0.15) is 0 Å². The van der Waals surface area contributed by atoms with Gasteiger partial charge in [-0.1, -0.05) is 39.0 Å². The van der Waals surface area contributed by atoms with Crippen molar-refractivity contribution in [2.24, 2.45) is 0 Å². The fraction of sp³-hybridized carbons (Fsp3) is 0.286. The normalized spacial score (nSPS) is 20.0. The van der Waals surface area contributed by atoms with E-state index in [4.69, 9.17) is 19.4 Å². The van der Waals surface area contributed by atoms with Crippen LogP contribution >= 0.6 is 0 Å². The number of cyclic esters (lactones) is 2. The molecule has 3 N–H and O–H groups in total. The number of phenols is 1. The number of nitrogens with zero attached hydrogens (tertiary/aromatic N) is 4. The molecular weight excluding hydrogens is 704 g/mol. The summed E-state index contributed by atoms with van der Waals surface area (Å²) in [7, 11) is 0. The van der Waals surface area contributed by atoms with Gasteiger partial charge in [-0.15, -0.1) is 0 Å².